The maximum Gasteiger partial charge on any atom is 0.419 e. The van der Waals surface area contributed by atoms with Crippen LogP contribution in [0.3, 0.4) is 0 Å². The Labute approximate surface area is 110 Å². The summed E-state index contributed by atoms with van der Waals surface area (Å²) in [4.78, 5) is 0. The Bertz CT molecular complexity index is 425. The van der Waals surface area contributed by atoms with E-state index in [0.717, 1.165) is 6.07 Å². The molecule has 3 N–H and O–H groups in total. The summed E-state index contributed by atoms with van der Waals surface area (Å²) in [5.74, 6) is -0.242. The Hall–Kier alpha value is -1.27. The maximum atomic E-state index is 12.9. The zero-order valence-corrected chi connectivity index (χ0v) is 10.9. The first kappa shape index (κ1) is 15.8. The number of alkyl halides is 3. The first-order valence-corrected chi connectivity index (χ1v) is 5.89. The van der Waals surface area contributed by atoms with Gasteiger partial charge in [-0.05, 0) is 31.5 Å². The van der Waals surface area contributed by atoms with E-state index in [9.17, 15) is 18.3 Å². The molecule has 0 spiro atoms. The Balaban J connectivity index is 2.88. The average Bonchev–Trinajstić information content (AvgIpc) is 2.26. The van der Waals surface area contributed by atoms with Gasteiger partial charge in [0, 0.05) is 13.0 Å². The van der Waals surface area contributed by atoms with Gasteiger partial charge in [-0.1, -0.05) is 6.07 Å². The minimum Gasteiger partial charge on any atom is -0.493 e. The lowest BCUT2D eigenvalue weighted by atomic mass is 10.1. The van der Waals surface area contributed by atoms with E-state index < -0.39 is 17.3 Å². The third kappa shape index (κ3) is 5.08. The molecule has 0 aliphatic rings. The van der Waals surface area contributed by atoms with Crippen LogP contribution in [-0.2, 0) is 12.7 Å². The number of aliphatic hydroxyl groups is 1. The van der Waals surface area contributed by atoms with Crippen LogP contribution in [0.1, 0.15) is 31.4 Å². The second kappa shape index (κ2) is 5.79. The third-order valence-corrected chi connectivity index (χ3v) is 2.56. The van der Waals surface area contributed by atoms with Crippen LogP contribution in [0.25, 0.3) is 0 Å². The van der Waals surface area contributed by atoms with Gasteiger partial charge in [0.1, 0.15) is 5.75 Å². The van der Waals surface area contributed by atoms with E-state index >= 15 is 0 Å². The number of hydrogen-bond acceptors (Lipinski definition) is 3. The summed E-state index contributed by atoms with van der Waals surface area (Å²) in [6.45, 7) is 3.18. The molecular formula is C13H18F3NO2. The predicted molar refractivity (Wildman–Crippen MR) is 65.7 cm³/mol. The monoisotopic (exact) mass is 277 g/mol. The van der Waals surface area contributed by atoms with E-state index in [-0.39, 0.29) is 25.3 Å². The van der Waals surface area contributed by atoms with Gasteiger partial charge in [-0.25, -0.2) is 0 Å². The second-order valence-electron chi connectivity index (χ2n) is 4.94. The zero-order valence-electron chi connectivity index (χ0n) is 10.9. The lowest BCUT2D eigenvalue weighted by Gasteiger charge is -2.19. The van der Waals surface area contributed by atoms with E-state index in [1.54, 1.807) is 13.8 Å². The average molecular weight is 277 g/mol. The van der Waals surface area contributed by atoms with Crippen molar-refractivity contribution in [1.82, 2.24) is 0 Å². The summed E-state index contributed by atoms with van der Waals surface area (Å²) < 4.78 is 43.7. The number of ether oxygens (including phenoxy) is 1. The molecule has 0 radical (unpaired) electrons. The molecule has 0 aliphatic carbocycles. The zero-order chi connectivity index (χ0) is 14.7. The minimum absolute atomic E-state index is 0.00848. The van der Waals surface area contributed by atoms with Gasteiger partial charge in [-0.3, -0.25) is 0 Å². The molecule has 6 heteroatoms. The molecule has 0 heterocycles. The van der Waals surface area contributed by atoms with E-state index in [1.807, 2.05) is 0 Å². The second-order valence-corrected chi connectivity index (χ2v) is 4.94. The predicted octanol–water partition coefficient (Wildman–Crippen LogP) is 2.70. The highest BCUT2D eigenvalue weighted by molar-refractivity contribution is 5.39. The van der Waals surface area contributed by atoms with Gasteiger partial charge in [0.2, 0.25) is 0 Å². The number of nitrogens with two attached hydrogens (primary N) is 1. The van der Waals surface area contributed by atoms with Crippen LogP contribution in [0.5, 0.6) is 5.75 Å². The largest absolute Gasteiger partial charge is 0.493 e. The van der Waals surface area contributed by atoms with Crippen molar-refractivity contribution >= 4 is 0 Å². The summed E-state index contributed by atoms with van der Waals surface area (Å²) >= 11 is 0. The highest BCUT2D eigenvalue weighted by Gasteiger charge is 2.34. The highest BCUT2D eigenvalue weighted by Crippen LogP contribution is 2.37. The summed E-state index contributed by atoms with van der Waals surface area (Å²) in [6.07, 6.45) is -4.25. The molecular weight excluding hydrogens is 259 g/mol. The van der Waals surface area contributed by atoms with Crippen LogP contribution in [0.15, 0.2) is 18.2 Å². The van der Waals surface area contributed by atoms with E-state index in [2.05, 4.69) is 0 Å². The van der Waals surface area contributed by atoms with Gasteiger partial charge < -0.3 is 15.6 Å². The molecule has 1 aromatic rings. The molecule has 0 amide bonds. The van der Waals surface area contributed by atoms with Crippen molar-refractivity contribution in [3.8, 4) is 5.75 Å². The molecule has 108 valence electrons. The van der Waals surface area contributed by atoms with Gasteiger partial charge in [-0.2, -0.15) is 13.2 Å². The van der Waals surface area contributed by atoms with Gasteiger partial charge in [0.15, 0.2) is 0 Å². The van der Waals surface area contributed by atoms with Crippen LogP contribution >= 0.6 is 0 Å². The maximum absolute atomic E-state index is 12.9. The lowest BCUT2D eigenvalue weighted by Crippen LogP contribution is -2.22. The summed E-state index contributed by atoms with van der Waals surface area (Å²) in [5.41, 5.74) is 3.90. The molecule has 19 heavy (non-hydrogen) atoms. The molecule has 3 nitrogen and oxygen atoms in total. The van der Waals surface area contributed by atoms with Crippen LogP contribution in [0.4, 0.5) is 13.2 Å². The Morgan fingerprint density at radius 2 is 1.89 bits per heavy atom. The summed E-state index contributed by atoms with van der Waals surface area (Å²) in [5, 5.41) is 9.49. The number of benzene rings is 1. The molecule has 1 rings (SSSR count). The highest BCUT2D eigenvalue weighted by atomic mass is 19.4. The van der Waals surface area contributed by atoms with Crippen molar-refractivity contribution in [2.45, 2.75) is 38.6 Å². The van der Waals surface area contributed by atoms with Crippen molar-refractivity contribution < 1.29 is 23.0 Å². The lowest BCUT2D eigenvalue weighted by molar-refractivity contribution is -0.139. The number of halogens is 3. The van der Waals surface area contributed by atoms with E-state index in [1.165, 1.54) is 12.1 Å². The summed E-state index contributed by atoms with van der Waals surface area (Å²) in [6, 6.07) is 3.74. The third-order valence-electron chi connectivity index (χ3n) is 2.56. The molecule has 0 saturated heterocycles. The van der Waals surface area contributed by atoms with E-state index in [4.69, 9.17) is 10.5 Å². The first-order valence-electron chi connectivity index (χ1n) is 5.89. The molecule has 0 aliphatic heterocycles. The van der Waals surface area contributed by atoms with Crippen LogP contribution < -0.4 is 10.5 Å². The summed E-state index contributed by atoms with van der Waals surface area (Å²) in [7, 11) is 0. The van der Waals surface area contributed by atoms with Gasteiger partial charge >= 0.3 is 6.18 Å². The van der Waals surface area contributed by atoms with Gasteiger partial charge in [0.25, 0.3) is 0 Å². The Kier molecular flexibility index (Phi) is 4.81. The topological polar surface area (TPSA) is 55.5 Å². The number of rotatable bonds is 5. The van der Waals surface area contributed by atoms with Crippen LogP contribution in [-0.4, -0.2) is 17.3 Å². The fraction of sp³-hybridized carbons (Fsp3) is 0.538. The molecule has 0 unspecified atom stereocenters. The molecule has 0 bridgehead atoms. The smallest absolute Gasteiger partial charge is 0.419 e. The number of hydrogen-bond donors (Lipinski definition) is 2. The van der Waals surface area contributed by atoms with Crippen LogP contribution in [0, 0.1) is 0 Å². The standard InChI is InChI=1S/C13H18F3NO2/c1-12(2,18)5-6-19-11-4-3-9(8-17)7-10(11)13(14,15)16/h3-4,7,18H,5-6,8,17H2,1-2H3. The van der Waals surface area contributed by atoms with Crippen molar-refractivity contribution in [3.05, 3.63) is 29.3 Å². The Morgan fingerprint density at radius 1 is 1.26 bits per heavy atom. The Morgan fingerprint density at radius 3 is 2.37 bits per heavy atom. The molecule has 0 fully saturated rings. The fourth-order valence-corrected chi connectivity index (χ4v) is 1.46. The molecule has 0 atom stereocenters. The van der Waals surface area contributed by atoms with Crippen LogP contribution in [0.2, 0.25) is 0 Å². The fourth-order valence-electron chi connectivity index (χ4n) is 1.46. The van der Waals surface area contributed by atoms with Crippen molar-refractivity contribution in [3.63, 3.8) is 0 Å². The minimum atomic E-state index is -4.49. The van der Waals surface area contributed by atoms with Crippen molar-refractivity contribution in [2.24, 2.45) is 5.73 Å². The molecule has 0 aromatic heterocycles. The quantitative estimate of drug-likeness (QED) is 0.870. The van der Waals surface area contributed by atoms with Crippen molar-refractivity contribution in [2.75, 3.05) is 6.61 Å². The van der Waals surface area contributed by atoms with Gasteiger partial charge in [0.05, 0.1) is 17.8 Å². The molecule has 1 aromatic carbocycles. The first-order chi connectivity index (χ1) is 8.63. The normalized spacial score (nSPS) is 12.6. The SMILES string of the molecule is CC(C)(O)CCOc1ccc(CN)cc1C(F)(F)F. The molecule has 0 saturated carbocycles. The van der Waals surface area contributed by atoms with Crippen molar-refractivity contribution in [1.29, 1.82) is 0 Å². The van der Waals surface area contributed by atoms with Gasteiger partial charge in [-0.15, -0.1) is 0 Å². The van der Waals surface area contributed by atoms with E-state index in [0.29, 0.717) is 5.56 Å².